The molecule has 0 fully saturated rings. The average molecular weight is 440 g/mol. The minimum atomic E-state index is -5.08. The van der Waals surface area contributed by atoms with Gasteiger partial charge in [-0.3, -0.25) is 4.79 Å². The number of fused-ring (bicyclic) bond motifs is 1. The Bertz CT molecular complexity index is 980. The van der Waals surface area contributed by atoms with E-state index in [4.69, 9.17) is 15.6 Å². The van der Waals surface area contributed by atoms with Crippen LogP contribution in [0.5, 0.6) is 0 Å². The van der Waals surface area contributed by atoms with Gasteiger partial charge in [0.05, 0.1) is 4.70 Å². The number of rotatable bonds is 6. The third-order valence-electron chi connectivity index (χ3n) is 3.78. The zero-order chi connectivity index (χ0) is 22.1. The van der Waals surface area contributed by atoms with Crippen LogP contribution in [-0.2, 0) is 9.59 Å². The molecule has 1 aromatic heterocycles. The predicted octanol–water partition coefficient (Wildman–Crippen LogP) is 3.16. The number of alkyl halides is 3. The lowest BCUT2D eigenvalue weighted by molar-refractivity contribution is -0.192. The van der Waals surface area contributed by atoms with E-state index in [1.165, 1.54) is 11.5 Å². The minimum absolute atomic E-state index is 0.180. The van der Waals surface area contributed by atoms with Gasteiger partial charge >= 0.3 is 12.1 Å². The molecule has 0 unspecified atom stereocenters. The van der Waals surface area contributed by atoms with Crippen LogP contribution in [0.2, 0.25) is 0 Å². The number of nitrogens with zero attached hydrogens (tertiary/aromatic N) is 1. The lowest BCUT2D eigenvalue weighted by Gasteiger charge is -2.12. The number of anilines is 1. The van der Waals surface area contributed by atoms with Crippen molar-refractivity contribution in [3.8, 4) is 0 Å². The number of amides is 1. The molecule has 2 aromatic carbocycles. The van der Waals surface area contributed by atoms with Crippen molar-refractivity contribution in [2.75, 3.05) is 18.4 Å². The van der Waals surface area contributed by atoms with Crippen LogP contribution < -0.4 is 16.4 Å². The van der Waals surface area contributed by atoms with Crippen molar-refractivity contribution < 1.29 is 27.9 Å². The second kappa shape index (κ2) is 10.6. The third kappa shape index (κ3) is 6.71. The first kappa shape index (κ1) is 23.1. The quantitative estimate of drug-likeness (QED) is 0.438. The van der Waals surface area contributed by atoms with Gasteiger partial charge in [-0.15, -0.1) is 0 Å². The summed E-state index contributed by atoms with van der Waals surface area (Å²) < 4.78 is 37.3. The van der Waals surface area contributed by atoms with Crippen LogP contribution in [-0.4, -0.2) is 40.6 Å². The summed E-state index contributed by atoms with van der Waals surface area (Å²) >= 11 is 1.46. The fourth-order valence-corrected chi connectivity index (χ4v) is 3.06. The number of hydrogen-bond acceptors (Lipinski definition) is 6. The van der Waals surface area contributed by atoms with Crippen LogP contribution in [0.25, 0.3) is 10.1 Å². The summed E-state index contributed by atoms with van der Waals surface area (Å²) in [6.07, 6.45) is -5.08. The maximum Gasteiger partial charge on any atom is 0.490 e. The molecule has 11 heteroatoms. The Balaban J connectivity index is 0.000000396. The monoisotopic (exact) mass is 440 g/mol. The molecular formula is C19H19F3N4O3S. The van der Waals surface area contributed by atoms with Crippen molar-refractivity contribution in [3.05, 3.63) is 60.2 Å². The van der Waals surface area contributed by atoms with Crippen LogP contribution >= 0.6 is 11.5 Å². The highest BCUT2D eigenvalue weighted by Crippen LogP contribution is 2.25. The van der Waals surface area contributed by atoms with Gasteiger partial charge in [-0.05, 0) is 29.2 Å². The highest BCUT2D eigenvalue weighted by molar-refractivity contribution is 7.13. The molecule has 0 saturated heterocycles. The summed E-state index contributed by atoms with van der Waals surface area (Å²) in [7, 11) is 0. The van der Waals surface area contributed by atoms with E-state index in [0.29, 0.717) is 13.1 Å². The molecule has 0 radical (unpaired) electrons. The fraction of sp³-hybridized carbons (Fsp3) is 0.211. The van der Waals surface area contributed by atoms with Gasteiger partial charge in [0.2, 0.25) is 5.91 Å². The number of carboxylic acid groups (broad SMARTS) is 1. The third-order valence-corrected chi connectivity index (χ3v) is 4.60. The van der Waals surface area contributed by atoms with Gasteiger partial charge in [-0.2, -0.15) is 17.5 Å². The number of carboxylic acids is 1. The lowest BCUT2D eigenvalue weighted by atomic mass is 10.1. The number of carbonyl (C=O) groups is 2. The van der Waals surface area contributed by atoms with E-state index in [0.717, 1.165) is 21.5 Å². The highest BCUT2D eigenvalue weighted by atomic mass is 32.1. The number of halogens is 3. The molecule has 0 spiro atoms. The van der Waals surface area contributed by atoms with Crippen molar-refractivity contribution in [1.29, 1.82) is 0 Å². The fourth-order valence-electron chi connectivity index (χ4n) is 2.30. The van der Waals surface area contributed by atoms with Gasteiger partial charge < -0.3 is 21.5 Å². The Hall–Kier alpha value is -3.18. The van der Waals surface area contributed by atoms with Crippen LogP contribution in [0.3, 0.4) is 0 Å². The molecule has 0 aliphatic rings. The molecule has 7 nitrogen and oxygen atoms in total. The molecule has 5 N–H and O–H groups in total. The SMILES string of the molecule is N[C@H](C(=O)NCCNc1nsc2ccccc12)c1ccccc1.O=C(O)C(F)(F)F. The number of carbonyl (C=O) groups excluding carboxylic acids is 1. The summed E-state index contributed by atoms with van der Waals surface area (Å²) in [5, 5.41) is 14.3. The van der Waals surface area contributed by atoms with Gasteiger partial charge in [0.1, 0.15) is 11.9 Å². The number of benzene rings is 2. The molecule has 3 aromatic rings. The Morgan fingerprint density at radius 1 is 1.07 bits per heavy atom. The van der Waals surface area contributed by atoms with Crippen LogP contribution in [0.4, 0.5) is 19.0 Å². The van der Waals surface area contributed by atoms with E-state index in [2.05, 4.69) is 15.0 Å². The summed E-state index contributed by atoms with van der Waals surface area (Å²) in [6.45, 7) is 1.09. The first-order valence-corrected chi connectivity index (χ1v) is 9.44. The molecule has 0 bridgehead atoms. The van der Waals surface area contributed by atoms with Crippen LogP contribution in [0, 0.1) is 0 Å². The van der Waals surface area contributed by atoms with E-state index in [9.17, 15) is 18.0 Å². The summed E-state index contributed by atoms with van der Waals surface area (Å²) in [5.41, 5.74) is 6.76. The zero-order valence-corrected chi connectivity index (χ0v) is 16.3. The largest absolute Gasteiger partial charge is 0.490 e. The predicted molar refractivity (Wildman–Crippen MR) is 108 cm³/mol. The van der Waals surface area contributed by atoms with Crippen molar-refractivity contribution in [2.24, 2.45) is 5.73 Å². The van der Waals surface area contributed by atoms with Crippen molar-refractivity contribution >= 4 is 39.3 Å². The average Bonchev–Trinajstić information content (AvgIpc) is 3.14. The van der Waals surface area contributed by atoms with E-state index < -0.39 is 18.2 Å². The van der Waals surface area contributed by atoms with Gasteiger partial charge in [0.25, 0.3) is 0 Å². The molecule has 0 aliphatic heterocycles. The van der Waals surface area contributed by atoms with Crippen molar-refractivity contribution in [3.63, 3.8) is 0 Å². The molecule has 1 amide bonds. The van der Waals surface area contributed by atoms with Crippen LogP contribution in [0.1, 0.15) is 11.6 Å². The Morgan fingerprint density at radius 3 is 2.30 bits per heavy atom. The number of aliphatic carboxylic acids is 1. The number of aromatic nitrogens is 1. The molecule has 0 saturated carbocycles. The highest BCUT2D eigenvalue weighted by Gasteiger charge is 2.38. The molecule has 3 rings (SSSR count). The smallest absolute Gasteiger partial charge is 0.475 e. The molecule has 30 heavy (non-hydrogen) atoms. The zero-order valence-electron chi connectivity index (χ0n) is 15.5. The number of hydrogen-bond donors (Lipinski definition) is 4. The van der Waals surface area contributed by atoms with E-state index in [1.807, 2.05) is 54.6 Å². The first-order chi connectivity index (χ1) is 14.2. The standard InChI is InChI=1S/C17H18N4OS.C2HF3O2/c18-15(12-6-2-1-3-7-12)17(22)20-11-10-19-16-13-8-4-5-9-14(13)23-21-16;3-2(4,5)1(6)7/h1-9,15H,10-11,18H2,(H,19,21)(H,20,22);(H,6,7)/t15-;/m0./s1. The van der Waals surface area contributed by atoms with Gasteiger partial charge in [-0.1, -0.05) is 42.5 Å². The lowest BCUT2D eigenvalue weighted by Crippen LogP contribution is -2.36. The number of nitrogens with one attached hydrogen (secondary N) is 2. The summed E-state index contributed by atoms with van der Waals surface area (Å²) in [6, 6.07) is 16.8. The summed E-state index contributed by atoms with van der Waals surface area (Å²) in [5.74, 6) is -2.08. The number of nitrogens with two attached hydrogens (primary N) is 1. The Morgan fingerprint density at radius 2 is 1.67 bits per heavy atom. The molecular weight excluding hydrogens is 421 g/mol. The normalized spacial score (nSPS) is 11.9. The maximum atomic E-state index is 12.0. The molecule has 160 valence electrons. The summed E-state index contributed by atoms with van der Waals surface area (Å²) in [4.78, 5) is 20.9. The van der Waals surface area contributed by atoms with Gasteiger partial charge in [0.15, 0.2) is 0 Å². The minimum Gasteiger partial charge on any atom is -0.475 e. The van der Waals surface area contributed by atoms with Gasteiger partial charge in [-0.25, -0.2) is 4.79 Å². The first-order valence-electron chi connectivity index (χ1n) is 8.66. The van der Waals surface area contributed by atoms with Crippen molar-refractivity contribution in [1.82, 2.24) is 9.69 Å². The molecule has 1 atom stereocenters. The Kier molecular flexibility index (Phi) is 8.13. The second-order valence-electron chi connectivity index (χ2n) is 5.94. The molecule has 1 heterocycles. The maximum absolute atomic E-state index is 12.0. The molecule has 0 aliphatic carbocycles. The Labute approximate surface area is 173 Å². The van der Waals surface area contributed by atoms with Crippen LogP contribution in [0.15, 0.2) is 54.6 Å². The van der Waals surface area contributed by atoms with E-state index >= 15 is 0 Å². The van der Waals surface area contributed by atoms with E-state index in [-0.39, 0.29) is 5.91 Å². The van der Waals surface area contributed by atoms with Gasteiger partial charge in [0, 0.05) is 18.5 Å². The topological polar surface area (TPSA) is 117 Å². The van der Waals surface area contributed by atoms with Crippen molar-refractivity contribution in [2.45, 2.75) is 12.2 Å². The van der Waals surface area contributed by atoms with E-state index in [1.54, 1.807) is 0 Å². The second-order valence-corrected chi connectivity index (χ2v) is 6.74.